The number of aliphatic carboxylic acids is 1. The Hall–Kier alpha value is -2.99. The van der Waals surface area contributed by atoms with Crippen LogP contribution in [-0.4, -0.2) is 23.2 Å². The zero-order valence-electron chi connectivity index (χ0n) is 14.7. The molecule has 1 heterocycles. The fraction of sp³-hybridized carbons (Fsp3) is 0.143. The lowest BCUT2D eigenvalue weighted by Gasteiger charge is -2.11. The average molecular weight is 383 g/mol. The molecule has 1 aromatic heterocycles. The number of aromatic nitrogens is 1. The number of thiazole rings is 1. The average Bonchev–Trinajstić information content (AvgIpc) is 3.14. The van der Waals surface area contributed by atoms with Crippen molar-refractivity contribution in [1.82, 2.24) is 4.98 Å². The van der Waals surface area contributed by atoms with Crippen LogP contribution in [0.25, 0.3) is 16.3 Å². The molecule has 0 aliphatic carbocycles. The second kappa shape index (κ2) is 8.60. The minimum atomic E-state index is -1.05. The number of rotatable bonds is 7. The molecular formula is C21H18FNO3S. The minimum Gasteiger partial charge on any atom is -0.496 e. The Bertz CT molecular complexity index is 964. The largest absolute Gasteiger partial charge is 0.496 e. The molecule has 0 saturated carbocycles. The molecular weight excluding hydrogens is 365 g/mol. The van der Waals surface area contributed by atoms with Crippen molar-refractivity contribution in [3.05, 3.63) is 82.6 Å². The van der Waals surface area contributed by atoms with Crippen molar-refractivity contribution in [2.24, 2.45) is 0 Å². The van der Waals surface area contributed by atoms with Crippen LogP contribution in [0, 0.1) is 5.82 Å². The molecule has 0 fully saturated rings. The number of carboxylic acids is 1. The summed E-state index contributed by atoms with van der Waals surface area (Å²) < 4.78 is 18.3. The van der Waals surface area contributed by atoms with E-state index in [0.717, 1.165) is 33.5 Å². The zero-order chi connectivity index (χ0) is 19.2. The van der Waals surface area contributed by atoms with Gasteiger partial charge in [-0.15, -0.1) is 11.3 Å². The summed E-state index contributed by atoms with van der Waals surface area (Å²) in [6.07, 6.45) is 2.47. The molecule has 0 spiro atoms. The van der Waals surface area contributed by atoms with Gasteiger partial charge in [-0.1, -0.05) is 24.3 Å². The van der Waals surface area contributed by atoms with Gasteiger partial charge in [0.15, 0.2) is 0 Å². The first-order valence-electron chi connectivity index (χ1n) is 8.34. The first-order chi connectivity index (χ1) is 13.1. The highest BCUT2D eigenvalue weighted by Crippen LogP contribution is 2.26. The number of carbonyl (C=O) groups is 1. The second-order valence-corrected chi connectivity index (χ2v) is 6.72. The van der Waals surface area contributed by atoms with Crippen molar-refractivity contribution in [2.45, 2.75) is 12.8 Å². The van der Waals surface area contributed by atoms with Crippen molar-refractivity contribution in [1.29, 1.82) is 0 Å². The highest BCUT2D eigenvalue weighted by molar-refractivity contribution is 7.13. The van der Waals surface area contributed by atoms with Gasteiger partial charge in [0, 0.05) is 16.5 Å². The highest BCUT2D eigenvalue weighted by atomic mass is 32.1. The normalized spacial score (nSPS) is 11.4. The van der Waals surface area contributed by atoms with E-state index in [0.29, 0.717) is 18.6 Å². The van der Waals surface area contributed by atoms with Gasteiger partial charge < -0.3 is 9.84 Å². The van der Waals surface area contributed by atoms with E-state index in [1.54, 1.807) is 12.1 Å². The quantitative estimate of drug-likeness (QED) is 0.470. The van der Waals surface area contributed by atoms with Crippen molar-refractivity contribution in [2.75, 3.05) is 7.11 Å². The van der Waals surface area contributed by atoms with E-state index in [4.69, 9.17) is 9.84 Å². The maximum Gasteiger partial charge on any atom is 0.332 e. The summed E-state index contributed by atoms with van der Waals surface area (Å²) in [7, 11) is 1.46. The Kier molecular flexibility index (Phi) is 5.98. The van der Waals surface area contributed by atoms with Crippen LogP contribution in [-0.2, 0) is 22.4 Å². The van der Waals surface area contributed by atoms with E-state index in [-0.39, 0.29) is 5.82 Å². The lowest BCUT2D eigenvalue weighted by atomic mass is 10.0. The van der Waals surface area contributed by atoms with Crippen LogP contribution < -0.4 is 0 Å². The molecule has 6 heteroatoms. The molecule has 0 bridgehead atoms. The first-order valence-corrected chi connectivity index (χ1v) is 9.22. The molecule has 0 aliphatic heterocycles. The number of methoxy groups -OCH3 is 1. The summed E-state index contributed by atoms with van der Waals surface area (Å²) in [6.45, 7) is 0. The van der Waals surface area contributed by atoms with Crippen LogP contribution in [0.5, 0.6) is 0 Å². The maximum absolute atomic E-state index is 13.1. The molecule has 27 heavy (non-hydrogen) atoms. The molecule has 0 saturated heterocycles. The Labute approximate surface area is 160 Å². The summed E-state index contributed by atoms with van der Waals surface area (Å²) in [5.41, 5.74) is 3.58. The van der Waals surface area contributed by atoms with E-state index in [9.17, 15) is 9.18 Å². The number of benzene rings is 2. The number of carboxylic acid groups (broad SMARTS) is 1. The Morgan fingerprint density at radius 1 is 1.19 bits per heavy atom. The first kappa shape index (κ1) is 18.8. The Morgan fingerprint density at radius 3 is 2.63 bits per heavy atom. The molecule has 0 amide bonds. The lowest BCUT2D eigenvalue weighted by molar-refractivity contribution is -0.131. The number of hydrogen-bond acceptors (Lipinski definition) is 4. The van der Waals surface area contributed by atoms with Crippen molar-refractivity contribution < 1.29 is 19.0 Å². The van der Waals surface area contributed by atoms with Gasteiger partial charge in [-0.2, -0.15) is 0 Å². The van der Waals surface area contributed by atoms with Gasteiger partial charge >= 0.3 is 5.97 Å². The molecule has 0 radical (unpaired) electrons. The van der Waals surface area contributed by atoms with E-state index in [2.05, 4.69) is 4.98 Å². The van der Waals surface area contributed by atoms with Crippen LogP contribution in [0.2, 0.25) is 0 Å². The predicted molar refractivity (Wildman–Crippen MR) is 104 cm³/mol. The van der Waals surface area contributed by atoms with Crippen molar-refractivity contribution in [3.8, 4) is 10.6 Å². The lowest BCUT2D eigenvalue weighted by Crippen LogP contribution is -2.00. The summed E-state index contributed by atoms with van der Waals surface area (Å²) in [4.78, 5) is 15.6. The monoisotopic (exact) mass is 383 g/mol. The number of ether oxygens (including phenoxy) is 1. The molecule has 0 unspecified atom stereocenters. The molecule has 138 valence electrons. The van der Waals surface area contributed by atoms with Crippen LogP contribution in [0.1, 0.15) is 16.8 Å². The smallest absolute Gasteiger partial charge is 0.332 e. The number of hydrogen-bond donors (Lipinski definition) is 1. The Morgan fingerprint density at radius 2 is 1.93 bits per heavy atom. The molecule has 0 atom stereocenters. The SMILES string of the molecule is CO/C(=C/C(=O)O)c1ccccc1CCc1csc(-c2ccc(F)cc2)n1. The molecule has 4 nitrogen and oxygen atoms in total. The molecule has 2 aromatic carbocycles. The van der Waals surface area contributed by atoms with Gasteiger partial charge in [0.25, 0.3) is 0 Å². The topological polar surface area (TPSA) is 59.4 Å². The third-order valence-corrected chi connectivity index (χ3v) is 4.99. The third kappa shape index (κ3) is 4.80. The predicted octanol–water partition coefficient (Wildman–Crippen LogP) is 4.81. The van der Waals surface area contributed by atoms with Crippen molar-refractivity contribution in [3.63, 3.8) is 0 Å². The standard InChI is InChI=1S/C21H18FNO3S/c1-26-19(12-20(24)25)18-5-3-2-4-14(18)8-11-17-13-27-21(23-17)15-6-9-16(22)10-7-15/h2-7,9-10,12-13H,8,11H2,1H3,(H,24,25)/b19-12+. The van der Waals surface area contributed by atoms with Gasteiger partial charge in [-0.3, -0.25) is 0 Å². The number of nitrogens with zero attached hydrogens (tertiary/aromatic N) is 1. The van der Waals surface area contributed by atoms with Gasteiger partial charge in [0.05, 0.1) is 18.9 Å². The summed E-state index contributed by atoms with van der Waals surface area (Å²) in [5.74, 6) is -0.996. The van der Waals surface area contributed by atoms with Crippen LogP contribution in [0.15, 0.2) is 60.0 Å². The number of aryl methyl sites for hydroxylation is 2. The van der Waals surface area contributed by atoms with Gasteiger partial charge in [-0.25, -0.2) is 14.2 Å². The molecule has 3 aromatic rings. The van der Waals surface area contributed by atoms with Crippen LogP contribution in [0.3, 0.4) is 0 Å². The van der Waals surface area contributed by atoms with Crippen LogP contribution in [0.4, 0.5) is 4.39 Å². The summed E-state index contributed by atoms with van der Waals surface area (Å²) >= 11 is 1.52. The Balaban J connectivity index is 1.76. The second-order valence-electron chi connectivity index (χ2n) is 5.86. The van der Waals surface area contributed by atoms with Gasteiger partial charge in [-0.05, 0) is 42.7 Å². The fourth-order valence-electron chi connectivity index (χ4n) is 2.75. The van der Waals surface area contributed by atoms with Gasteiger partial charge in [0.1, 0.15) is 16.6 Å². The third-order valence-electron chi connectivity index (χ3n) is 4.05. The highest BCUT2D eigenvalue weighted by Gasteiger charge is 2.11. The van der Waals surface area contributed by atoms with E-state index >= 15 is 0 Å². The number of halogens is 1. The van der Waals surface area contributed by atoms with Gasteiger partial charge in [0.2, 0.25) is 0 Å². The van der Waals surface area contributed by atoms with E-state index in [1.807, 2.05) is 29.6 Å². The van der Waals surface area contributed by atoms with Crippen molar-refractivity contribution >= 4 is 23.1 Å². The van der Waals surface area contributed by atoms with E-state index < -0.39 is 5.97 Å². The fourth-order valence-corrected chi connectivity index (χ4v) is 3.61. The molecule has 1 N–H and O–H groups in total. The summed E-state index contributed by atoms with van der Waals surface area (Å²) in [6, 6.07) is 13.8. The maximum atomic E-state index is 13.1. The van der Waals surface area contributed by atoms with E-state index in [1.165, 1.54) is 30.6 Å². The summed E-state index contributed by atoms with van der Waals surface area (Å²) in [5, 5.41) is 11.9. The minimum absolute atomic E-state index is 0.268. The molecule has 3 rings (SSSR count). The van der Waals surface area contributed by atoms with Crippen LogP contribution >= 0.6 is 11.3 Å². The molecule has 0 aliphatic rings. The zero-order valence-corrected chi connectivity index (χ0v) is 15.5.